The van der Waals surface area contributed by atoms with Gasteiger partial charge in [-0.15, -0.1) is 0 Å². The van der Waals surface area contributed by atoms with E-state index in [1.807, 2.05) is 13.1 Å². The number of nitrogens with zero attached hydrogens (tertiary/aromatic N) is 2. The molecule has 1 N–H and O–H groups in total. The molecule has 102 valence electrons. The Bertz CT molecular complexity index is 759. The average Bonchev–Trinajstić information content (AvgIpc) is 2.72. The molecule has 0 atom stereocenters. The van der Waals surface area contributed by atoms with Crippen molar-refractivity contribution < 1.29 is 5.11 Å². The van der Waals surface area contributed by atoms with E-state index in [0.717, 1.165) is 29.7 Å². The molecule has 20 heavy (non-hydrogen) atoms. The van der Waals surface area contributed by atoms with Crippen LogP contribution in [0.15, 0.2) is 42.5 Å². The number of phenolic OH excluding ortho intramolecular Hbond substituents is 1. The Morgan fingerprint density at radius 2 is 1.95 bits per heavy atom. The van der Waals surface area contributed by atoms with E-state index in [1.165, 1.54) is 11.1 Å². The van der Waals surface area contributed by atoms with Crippen molar-refractivity contribution in [1.82, 2.24) is 9.55 Å². The first-order chi connectivity index (χ1) is 9.63. The Balaban J connectivity index is 1.86. The molecule has 2 aromatic carbocycles. The number of aryl methyl sites for hydroxylation is 4. The van der Waals surface area contributed by atoms with Crippen molar-refractivity contribution in [2.24, 2.45) is 7.05 Å². The van der Waals surface area contributed by atoms with Crippen LogP contribution in [-0.2, 0) is 19.9 Å². The van der Waals surface area contributed by atoms with E-state index in [1.54, 1.807) is 12.1 Å². The third kappa shape index (κ3) is 2.39. The van der Waals surface area contributed by atoms with Crippen molar-refractivity contribution >= 4 is 11.0 Å². The van der Waals surface area contributed by atoms with Gasteiger partial charge in [0.15, 0.2) is 0 Å². The first kappa shape index (κ1) is 12.7. The first-order valence-corrected chi connectivity index (χ1v) is 6.83. The van der Waals surface area contributed by atoms with E-state index in [9.17, 15) is 5.11 Å². The zero-order valence-electron chi connectivity index (χ0n) is 11.8. The van der Waals surface area contributed by atoms with Crippen molar-refractivity contribution in [3.63, 3.8) is 0 Å². The standard InChI is InChI=1S/C17H18N2O/c1-12-4-3-5-13(10-12)6-9-17-18-15-11-14(20)7-8-16(15)19(17)2/h3-5,7-8,10-11,20H,6,9H2,1-2H3. The van der Waals surface area contributed by atoms with Gasteiger partial charge in [0.25, 0.3) is 0 Å². The number of phenols is 1. The fourth-order valence-electron chi connectivity index (χ4n) is 2.59. The zero-order valence-corrected chi connectivity index (χ0v) is 11.8. The molecule has 3 aromatic rings. The number of hydrogen-bond acceptors (Lipinski definition) is 2. The number of fused-ring (bicyclic) bond motifs is 1. The molecule has 3 rings (SSSR count). The lowest BCUT2D eigenvalue weighted by molar-refractivity contribution is 0.476. The lowest BCUT2D eigenvalue weighted by Gasteiger charge is -2.04. The quantitative estimate of drug-likeness (QED) is 0.789. The summed E-state index contributed by atoms with van der Waals surface area (Å²) in [6, 6.07) is 13.9. The molecule has 0 aliphatic carbocycles. The molecule has 0 saturated heterocycles. The van der Waals surface area contributed by atoms with Crippen LogP contribution in [0.2, 0.25) is 0 Å². The van der Waals surface area contributed by atoms with E-state index in [0.29, 0.717) is 0 Å². The second-order valence-electron chi connectivity index (χ2n) is 5.25. The normalized spacial score (nSPS) is 11.1. The van der Waals surface area contributed by atoms with Gasteiger partial charge in [-0.1, -0.05) is 29.8 Å². The molecule has 0 aliphatic heterocycles. The van der Waals surface area contributed by atoms with Crippen LogP contribution in [0.3, 0.4) is 0 Å². The van der Waals surface area contributed by atoms with Gasteiger partial charge in [-0.2, -0.15) is 0 Å². The van der Waals surface area contributed by atoms with Crippen LogP contribution in [-0.4, -0.2) is 14.7 Å². The van der Waals surface area contributed by atoms with Crippen LogP contribution >= 0.6 is 0 Å². The molecule has 0 unspecified atom stereocenters. The Morgan fingerprint density at radius 3 is 2.75 bits per heavy atom. The van der Waals surface area contributed by atoms with E-state index >= 15 is 0 Å². The van der Waals surface area contributed by atoms with E-state index in [2.05, 4.69) is 40.7 Å². The highest BCUT2D eigenvalue weighted by Gasteiger charge is 2.08. The van der Waals surface area contributed by atoms with Crippen molar-refractivity contribution in [3.8, 4) is 5.75 Å². The van der Waals surface area contributed by atoms with Crippen LogP contribution in [0.1, 0.15) is 17.0 Å². The number of benzene rings is 2. The maximum Gasteiger partial charge on any atom is 0.117 e. The molecular weight excluding hydrogens is 248 g/mol. The zero-order chi connectivity index (χ0) is 14.1. The second-order valence-corrected chi connectivity index (χ2v) is 5.25. The molecule has 0 fully saturated rings. The van der Waals surface area contributed by atoms with Crippen LogP contribution < -0.4 is 0 Å². The van der Waals surface area contributed by atoms with Crippen LogP contribution in [0.5, 0.6) is 5.75 Å². The van der Waals surface area contributed by atoms with E-state index < -0.39 is 0 Å². The van der Waals surface area contributed by atoms with Gasteiger partial charge in [0.1, 0.15) is 11.6 Å². The van der Waals surface area contributed by atoms with Gasteiger partial charge in [-0.25, -0.2) is 4.98 Å². The van der Waals surface area contributed by atoms with E-state index in [4.69, 9.17) is 0 Å². The molecule has 0 saturated carbocycles. The predicted octanol–water partition coefficient (Wildman–Crippen LogP) is 3.37. The average molecular weight is 266 g/mol. The maximum atomic E-state index is 9.52. The van der Waals surface area contributed by atoms with Crippen LogP contribution in [0.25, 0.3) is 11.0 Å². The minimum atomic E-state index is 0.265. The minimum absolute atomic E-state index is 0.265. The Labute approximate surface area is 118 Å². The number of aromatic nitrogens is 2. The smallest absolute Gasteiger partial charge is 0.117 e. The van der Waals surface area contributed by atoms with Crippen LogP contribution in [0, 0.1) is 6.92 Å². The third-order valence-corrected chi connectivity index (χ3v) is 3.68. The van der Waals surface area contributed by atoms with Crippen molar-refractivity contribution in [2.45, 2.75) is 19.8 Å². The van der Waals surface area contributed by atoms with Crippen molar-refractivity contribution in [2.75, 3.05) is 0 Å². The topological polar surface area (TPSA) is 38.1 Å². The predicted molar refractivity (Wildman–Crippen MR) is 81.0 cm³/mol. The Kier molecular flexibility index (Phi) is 3.18. The van der Waals surface area contributed by atoms with Crippen molar-refractivity contribution in [1.29, 1.82) is 0 Å². The van der Waals surface area contributed by atoms with Gasteiger partial charge >= 0.3 is 0 Å². The molecule has 0 aliphatic rings. The monoisotopic (exact) mass is 266 g/mol. The molecule has 0 bridgehead atoms. The number of hydrogen-bond donors (Lipinski definition) is 1. The highest BCUT2D eigenvalue weighted by molar-refractivity contribution is 5.77. The summed E-state index contributed by atoms with van der Waals surface area (Å²) in [5.74, 6) is 1.31. The summed E-state index contributed by atoms with van der Waals surface area (Å²) in [6.07, 6.45) is 1.88. The molecule has 0 radical (unpaired) electrons. The molecule has 3 heteroatoms. The lowest BCUT2D eigenvalue weighted by atomic mass is 10.1. The van der Waals surface area contributed by atoms with Gasteiger partial charge < -0.3 is 9.67 Å². The van der Waals surface area contributed by atoms with Crippen LogP contribution in [0.4, 0.5) is 0 Å². The summed E-state index contributed by atoms with van der Waals surface area (Å²) in [6.45, 7) is 2.11. The summed E-state index contributed by atoms with van der Waals surface area (Å²) in [7, 11) is 2.03. The number of imidazole rings is 1. The largest absolute Gasteiger partial charge is 0.508 e. The van der Waals surface area contributed by atoms with Gasteiger partial charge in [-0.05, 0) is 31.0 Å². The first-order valence-electron chi connectivity index (χ1n) is 6.83. The minimum Gasteiger partial charge on any atom is -0.508 e. The molecule has 1 aromatic heterocycles. The summed E-state index contributed by atoms with van der Waals surface area (Å²) in [4.78, 5) is 4.61. The number of aromatic hydroxyl groups is 1. The molecule has 0 spiro atoms. The second kappa shape index (κ2) is 5.00. The summed E-state index contributed by atoms with van der Waals surface area (Å²) < 4.78 is 2.10. The number of rotatable bonds is 3. The van der Waals surface area contributed by atoms with Crippen molar-refractivity contribution in [3.05, 3.63) is 59.4 Å². The van der Waals surface area contributed by atoms with E-state index in [-0.39, 0.29) is 5.75 Å². The highest BCUT2D eigenvalue weighted by Crippen LogP contribution is 2.20. The molecule has 1 heterocycles. The SMILES string of the molecule is Cc1cccc(CCc2nc3cc(O)ccc3n2C)c1. The Morgan fingerprint density at radius 1 is 1.10 bits per heavy atom. The van der Waals surface area contributed by atoms with Gasteiger partial charge in [0.05, 0.1) is 11.0 Å². The lowest BCUT2D eigenvalue weighted by Crippen LogP contribution is -2.00. The van der Waals surface area contributed by atoms with Gasteiger partial charge in [-0.3, -0.25) is 0 Å². The maximum absolute atomic E-state index is 9.52. The fourth-order valence-corrected chi connectivity index (χ4v) is 2.59. The Hall–Kier alpha value is -2.29. The summed E-state index contributed by atoms with van der Waals surface area (Å²) in [5.41, 5.74) is 4.53. The van der Waals surface area contributed by atoms with Gasteiger partial charge in [0.2, 0.25) is 0 Å². The summed E-state index contributed by atoms with van der Waals surface area (Å²) in [5, 5.41) is 9.52. The highest BCUT2D eigenvalue weighted by atomic mass is 16.3. The van der Waals surface area contributed by atoms with Gasteiger partial charge in [0, 0.05) is 19.5 Å². The summed E-state index contributed by atoms with van der Waals surface area (Å²) >= 11 is 0. The molecule has 0 amide bonds. The fraction of sp³-hybridized carbons (Fsp3) is 0.235. The third-order valence-electron chi connectivity index (χ3n) is 3.68. The molecular formula is C17H18N2O. The molecule has 3 nitrogen and oxygen atoms in total.